The molecule has 2 aliphatic rings. The zero-order chi connectivity index (χ0) is 9.64. The summed E-state index contributed by atoms with van der Waals surface area (Å²) < 4.78 is 17.1. The van der Waals surface area contributed by atoms with Gasteiger partial charge in [-0.2, -0.15) is 0 Å². The van der Waals surface area contributed by atoms with E-state index in [2.05, 4.69) is 13.8 Å². The average molecular weight is 186 g/mol. The quantitative estimate of drug-likeness (QED) is 0.626. The lowest BCUT2D eigenvalue weighted by molar-refractivity contribution is -0.209. The first-order valence-electron chi connectivity index (χ1n) is 5.04. The van der Waals surface area contributed by atoms with E-state index in [0.717, 1.165) is 6.42 Å². The fourth-order valence-corrected chi connectivity index (χ4v) is 2.19. The minimum atomic E-state index is -0.470. The second kappa shape index (κ2) is 2.94. The summed E-state index contributed by atoms with van der Waals surface area (Å²) in [4.78, 5) is 0. The van der Waals surface area contributed by atoms with E-state index in [4.69, 9.17) is 14.2 Å². The van der Waals surface area contributed by atoms with Crippen LogP contribution in [0.1, 0.15) is 34.1 Å². The Kier molecular flexibility index (Phi) is 2.13. The van der Waals surface area contributed by atoms with Gasteiger partial charge in [0.05, 0.1) is 6.10 Å². The first kappa shape index (κ1) is 9.44. The molecule has 2 aliphatic heterocycles. The van der Waals surface area contributed by atoms with Gasteiger partial charge < -0.3 is 14.2 Å². The number of fused-ring (bicyclic) bond motifs is 1. The molecule has 0 aromatic rings. The molecule has 0 saturated carbocycles. The van der Waals surface area contributed by atoms with Gasteiger partial charge in [-0.3, -0.25) is 0 Å². The maximum atomic E-state index is 5.77. The third kappa shape index (κ3) is 1.49. The van der Waals surface area contributed by atoms with Gasteiger partial charge in [0.25, 0.3) is 0 Å². The van der Waals surface area contributed by atoms with Crippen molar-refractivity contribution >= 4 is 0 Å². The monoisotopic (exact) mass is 186 g/mol. The number of ether oxygens (including phenoxy) is 3. The van der Waals surface area contributed by atoms with E-state index in [0.29, 0.717) is 12.0 Å². The van der Waals surface area contributed by atoms with Crippen molar-refractivity contribution in [2.75, 3.05) is 0 Å². The molecule has 0 bridgehead atoms. The maximum absolute atomic E-state index is 5.77. The Morgan fingerprint density at radius 2 is 1.92 bits per heavy atom. The van der Waals surface area contributed by atoms with Crippen LogP contribution in [0.25, 0.3) is 0 Å². The highest BCUT2D eigenvalue weighted by Crippen LogP contribution is 2.41. The number of rotatable bonds is 1. The smallest absolute Gasteiger partial charge is 0.187 e. The fraction of sp³-hybridized carbons (Fsp3) is 1.00. The van der Waals surface area contributed by atoms with Gasteiger partial charge in [-0.1, -0.05) is 13.8 Å². The minimum absolute atomic E-state index is 0.125. The highest BCUT2D eigenvalue weighted by Gasteiger charge is 2.52. The van der Waals surface area contributed by atoms with Crippen LogP contribution in [-0.4, -0.2) is 24.3 Å². The van der Waals surface area contributed by atoms with E-state index in [9.17, 15) is 0 Å². The predicted octanol–water partition coefficient (Wildman–Crippen LogP) is 1.91. The molecule has 0 aliphatic carbocycles. The maximum Gasteiger partial charge on any atom is 0.187 e. The predicted molar refractivity (Wildman–Crippen MR) is 48.2 cm³/mol. The largest absolute Gasteiger partial charge is 0.346 e. The van der Waals surface area contributed by atoms with Crippen LogP contribution in [0.2, 0.25) is 0 Å². The molecule has 0 amide bonds. The average Bonchev–Trinajstić information content (AvgIpc) is 2.47. The second-order valence-corrected chi connectivity index (χ2v) is 4.41. The van der Waals surface area contributed by atoms with Crippen LogP contribution in [-0.2, 0) is 14.2 Å². The molecule has 0 spiro atoms. The van der Waals surface area contributed by atoms with Crippen molar-refractivity contribution in [2.24, 2.45) is 5.92 Å². The molecule has 0 unspecified atom stereocenters. The van der Waals surface area contributed by atoms with E-state index in [1.165, 1.54) is 0 Å². The summed E-state index contributed by atoms with van der Waals surface area (Å²) in [5.74, 6) is -0.0285. The van der Waals surface area contributed by atoms with Crippen LogP contribution < -0.4 is 0 Å². The van der Waals surface area contributed by atoms with Crippen molar-refractivity contribution in [2.45, 2.75) is 58.4 Å². The highest BCUT2D eigenvalue weighted by molar-refractivity contribution is 4.89. The summed E-state index contributed by atoms with van der Waals surface area (Å²) in [5, 5.41) is 0. The van der Waals surface area contributed by atoms with Gasteiger partial charge in [-0.15, -0.1) is 0 Å². The highest BCUT2D eigenvalue weighted by atomic mass is 16.8. The van der Waals surface area contributed by atoms with Crippen LogP contribution in [0.3, 0.4) is 0 Å². The molecule has 4 atom stereocenters. The van der Waals surface area contributed by atoms with Crippen molar-refractivity contribution in [3.63, 3.8) is 0 Å². The van der Waals surface area contributed by atoms with Crippen LogP contribution in [0, 0.1) is 5.92 Å². The Bertz CT molecular complexity index is 202. The lowest BCUT2D eigenvalue weighted by Crippen LogP contribution is -2.28. The standard InChI is InChI=1S/C10H18O3/c1-5-7-6(2)8-9(11-7)13-10(3,4)12-8/h6-9H,5H2,1-4H3/t6-,7-,8-,9-/m1/s1. The SMILES string of the molecule is CC[C@H]1O[C@@H]2OC(C)(C)O[C@@H]2[C@@H]1C. The summed E-state index contributed by atoms with van der Waals surface area (Å²) in [6.07, 6.45) is 1.31. The Balaban J connectivity index is 2.07. The number of hydrogen-bond acceptors (Lipinski definition) is 3. The van der Waals surface area contributed by atoms with Crippen LogP contribution in [0.5, 0.6) is 0 Å². The van der Waals surface area contributed by atoms with Gasteiger partial charge in [0.15, 0.2) is 12.1 Å². The Hall–Kier alpha value is -0.120. The van der Waals surface area contributed by atoms with Gasteiger partial charge in [0, 0.05) is 5.92 Å². The fourth-order valence-electron chi connectivity index (χ4n) is 2.19. The third-order valence-electron chi connectivity index (χ3n) is 2.90. The third-order valence-corrected chi connectivity index (χ3v) is 2.90. The Morgan fingerprint density at radius 3 is 2.46 bits per heavy atom. The van der Waals surface area contributed by atoms with E-state index in [-0.39, 0.29) is 12.4 Å². The molecule has 2 fully saturated rings. The zero-order valence-corrected chi connectivity index (χ0v) is 8.74. The Labute approximate surface area is 79.4 Å². The molecule has 76 valence electrons. The topological polar surface area (TPSA) is 27.7 Å². The van der Waals surface area contributed by atoms with Crippen LogP contribution in [0.4, 0.5) is 0 Å². The van der Waals surface area contributed by atoms with Crippen molar-refractivity contribution in [3.05, 3.63) is 0 Å². The van der Waals surface area contributed by atoms with E-state index in [1.54, 1.807) is 0 Å². The lowest BCUT2D eigenvalue weighted by Gasteiger charge is -2.22. The van der Waals surface area contributed by atoms with E-state index in [1.807, 2.05) is 13.8 Å². The number of hydrogen-bond donors (Lipinski definition) is 0. The molecular weight excluding hydrogens is 168 g/mol. The lowest BCUT2D eigenvalue weighted by atomic mass is 9.99. The van der Waals surface area contributed by atoms with Crippen molar-refractivity contribution in [3.8, 4) is 0 Å². The molecule has 0 aromatic heterocycles. The molecule has 3 heteroatoms. The van der Waals surface area contributed by atoms with Gasteiger partial charge >= 0.3 is 0 Å². The van der Waals surface area contributed by atoms with Gasteiger partial charge in [-0.05, 0) is 20.3 Å². The Morgan fingerprint density at radius 1 is 1.23 bits per heavy atom. The molecule has 2 rings (SSSR count). The van der Waals surface area contributed by atoms with Crippen molar-refractivity contribution in [1.82, 2.24) is 0 Å². The van der Waals surface area contributed by atoms with Gasteiger partial charge in [-0.25, -0.2) is 0 Å². The van der Waals surface area contributed by atoms with Crippen molar-refractivity contribution in [1.29, 1.82) is 0 Å². The summed E-state index contributed by atoms with van der Waals surface area (Å²) >= 11 is 0. The summed E-state index contributed by atoms with van der Waals surface area (Å²) in [5.41, 5.74) is 0. The molecule has 2 saturated heterocycles. The second-order valence-electron chi connectivity index (χ2n) is 4.41. The van der Waals surface area contributed by atoms with Gasteiger partial charge in [0.2, 0.25) is 0 Å². The first-order valence-corrected chi connectivity index (χ1v) is 5.04. The summed E-state index contributed by atoms with van der Waals surface area (Å²) in [6.45, 7) is 8.17. The minimum Gasteiger partial charge on any atom is -0.346 e. The molecule has 0 aromatic carbocycles. The molecular formula is C10H18O3. The molecule has 0 N–H and O–H groups in total. The summed E-state index contributed by atoms with van der Waals surface area (Å²) in [7, 11) is 0. The van der Waals surface area contributed by atoms with Gasteiger partial charge in [0.1, 0.15) is 6.10 Å². The molecule has 3 nitrogen and oxygen atoms in total. The van der Waals surface area contributed by atoms with E-state index >= 15 is 0 Å². The summed E-state index contributed by atoms with van der Waals surface area (Å²) in [6, 6.07) is 0. The first-order chi connectivity index (χ1) is 6.03. The van der Waals surface area contributed by atoms with Crippen molar-refractivity contribution < 1.29 is 14.2 Å². The molecule has 13 heavy (non-hydrogen) atoms. The van der Waals surface area contributed by atoms with E-state index < -0.39 is 5.79 Å². The van der Waals surface area contributed by atoms with Crippen LogP contribution in [0.15, 0.2) is 0 Å². The molecule has 0 radical (unpaired) electrons. The molecule has 2 heterocycles. The normalized spacial score (nSPS) is 48.0. The van der Waals surface area contributed by atoms with Crippen LogP contribution >= 0.6 is 0 Å². The zero-order valence-electron chi connectivity index (χ0n) is 8.74.